The van der Waals surface area contributed by atoms with Crippen LogP contribution in [0.4, 0.5) is 0 Å². The number of allylic oxidation sites excluding steroid dienone is 1. The van der Waals surface area contributed by atoms with Gasteiger partial charge in [-0.1, -0.05) is 26.3 Å². The van der Waals surface area contributed by atoms with Crippen LogP contribution in [0, 0.1) is 0 Å². The number of carbonyl (C=O) groups is 2. The number of aliphatic hydroxyl groups is 1. The molecule has 1 aliphatic rings. The van der Waals surface area contributed by atoms with Crippen molar-refractivity contribution in [3.8, 4) is 5.75 Å². The fourth-order valence-electron chi connectivity index (χ4n) is 4.10. The standard InChI is InChI=1S/C26H32N2O4/c1-6-9-18(15-29)21(26(31,7-2)16-30)13-23-25-19(14-28(23)5)12-20-22(27-25)10-8-11-24(20)32-17(3)4/h8,10-13,15-17,31H,6-7,9,14H2,1-5H3/b21-18+,23-13-/t26-/m1/s1. The van der Waals surface area contributed by atoms with Crippen molar-refractivity contribution in [3.05, 3.63) is 52.7 Å². The summed E-state index contributed by atoms with van der Waals surface area (Å²) >= 11 is 0. The molecule has 0 saturated heterocycles. The fraction of sp³-hybridized carbons (Fsp3) is 0.423. The number of nitrogens with zero attached hydrogens (tertiary/aromatic N) is 2. The Kier molecular flexibility index (Phi) is 7.14. The van der Waals surface area contributed by atoms with Gasteiger partial charge >= 0.3 is 0 Å². The van der Waals surface area contributed by atoms with Gasteiger partial charge in [-0.25, -0.2) is 4.98 Å². The van der Waals surface area contributed by atoms with Crippen LogP contribution in [0.15, 0.2) is 41.5 Å². The molecule has 0 fully saturated rings. The van der Waals surface area contributed by atoms with Crippen molar-refractivity contribution >= 4 is 29.2 Å². The number of pyridine rings is 1. The summed E-state index contributed by atoms with van der Waals surface area (Å²) in [6.45, 7) is 8.30. The van der Waals surface area contributed by atoms with Crippen LogP contribution in [-0.2, 0) is 16.1 Å². The summed E-state index contributed by atoms with van der Waals surface area (Å²) in [6.07, 6.45) is 4.47. The molecule has 6 nitrogen and oxygen atoms in total. The van der Waals surface area contributed by atoms with E-state index in [2.05, 4.69) is 6.07 Å². The molecule has 0 radical (unpaired) electrons. The Labute approximate surface area is 189 Å². The maximum Gasteiger partial charge on any atom is 0.156 e. The van der Waals surface area contributed by atoms with Crippen molar-refractivity contribution in [1.82, 2.24) is 9.88 Å². The molecule has 1 N–H and O–H groups in total. The highest BCUT2D eigenvalue weighted by atomic mass is 16.5. The van der Waals surface area contributed by atoms with E-state index in [-0.39, 0.29) is 12.5 Å². The maximum absolute atomic E-state index is 11.9. The van der Waals surface area contributed by atoms with Gasteiger partial charge in [0, 0.05) is 19.0 Å². The molecule has 2 aromatic rings. The highest BCUT2D eigenvalue weighted by Crippen LogP contribution is 2.37. The lowest BCUT2D eigenvalue weighted by Gasteiger charge is -2.25. The molecule has 32 heavy (non-hydrogen) atoms. The number of ether oxygens (including phenoxy) is 1. The van der Waals surface area contributed by atoms with Crippen LogP contribution in [0.5, 0.6) is 5.75 Å². The molecule has 2 heterocycles. The van der Waals surface area contributed by atoms with Gasteiger partial charge in [0.2, 0.25) is 0 Å². The molecule has 1 aromatic heterocycles. The number of aldehydes is 2. The summed E-state index contributed by atoms with van der Waals surface area (Å²) in [5, 5.41) is 12.0. The van der Waals surface area contributed by atoms with Gasteiger partial charge in [0.25, 0.3) is 0 Å². The second-order valence-corrected chi connectivity index (χ2v) is 8.57. The van der Waals surface area contributed by atoms with Crippen LogP contribution < -0.4 is 4.74 Å². The van der Waals surface area contributed by atoms with Gasteiger partial charge in [0.1, 0.15) is 17.6 Å². The molecule has 0 unspecified atom stereocenters. The zero-order chi connectivity index (χ0) is 23.5. The summed E-state index contributed by atoms with van der Waals surface area (Å²) in [7, 11) is 1.94. The number of carbonyl (C=O) groups excluding carboxylic acids is 2. The predicted octanol–water partition coefficient (Wildman–Crippen LogP) is 4.44. The van der Waals surface area contributed by atoms with Gasteiger partial charge in [-0.3, -0.25) is 9.59 Å². The Morgan fingerprint density at radius 3 is 2.66 bits per heavy atom. The number of benzene rings is 1. The number of fused-ring (bicyclic) bond motifs is 2. The molecule has 0 bridgehead atoms. The van der Waals surface area contributed by atoms with E-state index in [1.54, 1.807) is 13.0 Å². The molecule has 0 aliphatic carbocycles. The van der Waals surface area contributed by atoms with Gasteiger partial charge in [-0.2, -0.15) is 0 Å². The minimum Gasteiger partial charge on any atom is -0.490 e. The Hall–Kier alpha value is -2.99. The maximum atomic E-state index is 11.9. The van der Waals surface area contributed by atoms with Crippen molar-refractivity contribution < 1.29 is 19.4 Å². The van der Waals surface area contributed by atoms with Crippen molar-refractivity contribution in [1.29, 1.82) is 0 Å². The fourth-order valence-corrected chi connectivity index (χ4v) is 4.10. The number of hydrogen-bond acceptors (Lipinski definition) is 6. The summed E-state index contributed by atoms with van der Waals surface area (Å²) in [6, 6.07) is 7.89. The Morgan fingerprint density at radius 2 is 2.06 bits per heavy atom. The van der Waals surface area contributed by atoms with E-state index in [1.165, 1.54) is 0 Å². The molecule has 1 aliphatic heterocycles. The lowest BCUT2D eigenvalue weighted by atomic mass is 9.86. The van der Waals surface area contributed by atoms with Gasteiger partial charge in [0.15, 0.2) is 6.29 Å². The number of aromatic nitrogens is 1. The number of rotatable bonds is 9. The van der Waals surface area contributed by atoms with Gasteiger partial charge in [-0.15, -0.1) is 0 Å². The summed E-state index contributed by atoms with van der Waals surface area (Å²) in [5.41, 5.74) is 2.45. The zero-order valence-electron chi connectivity index (χ0n) is 19.5. The van der Waals surface area contributed by atoms with Crippen molar-refractivity contribution in [2.75, 3.05) is 7.05 Å². The van der Waals surface area contributed by atoms with Crippen LogP contribution in [0.3, 0.4) is 0 Å². The highest BCUT2D eigenvalue weighted by Gasteiger charge is 2.33. The number of hydrogen-bond donors (Lipinski definition) is 1. The Morgan fingerprint density at radius 1 is 1.31 bits per heavy atom. The van der Waals surface area contributed by atoms with E-state index in [0.717, 1.165) is 46.3 Å². The molecule has 6 heteroatoms. The van der Waals surface area contributed by atoms with E-state index in [4.69, 9.17) is 9.72 Å². The third-order valence-corrected chi connectivity index (χ3v) is 5.81. The largest absolute Gasteiger partial charge is 0.490 e. The first-order valence-electron chi connectivity index (χ1n) is 11.2. The first-order chi connectivity index (χ1) is 15.3. The highest BCUT2D eigenvalue weighted by molar-refractivity contribution is 5.90. The third kappa shape index (κ3) is 4.46. The zero-order valence-corrected chi connectivity index (χ0v) is 19.5. The Bertz CT molecular complexity index is 1090. The first-order valence-corrected chi connectivity index (χ1v) is 11.2. The molecule has 170 valence electrons. The predicted molar refractivity (Wildman–Crippen MR) is 126 cm³/mol. The van der Waals surface area contributed by atoms with Crippen LogP contribution in [-0.4, -0.2) is 46.3 Å². The smallest absolute Gasteiger partial charge is 0.156 e. The lowest BCUT2D eigenvalue weighted by Crippen LogP contribution is -2.33. The van der Waals surface area contributed by atoms with Gasteiger partial charge in [0.05, 0.1) is 23.0 Å². The molecule has 1 atom stereocenters. The Balaban J connectivity index is 2.22. The van der Waals surface area contributed by atoms with Crippen molar-refractivity contribution in [2.45, 2.75) is 65.2 Å². The topological polar surface area (TPSA) is 79.7 Å². The molecule has 0 spiro atoms. The average molecular weight is 437 g/mol. The van der Waals surface area contributed by atoms with Crippen LogP contribution in [0.2, 0.25) is 0 Å². The van der Waals surface area contributed by atoms with Crippen molar-refractivity contribution in [3.63, 3.8) is 0 Å². The molecule has 1 aromatic carbocycles. The second-order valence-electron chi connectivity index (χ2n) is 8.57. The summed E-state index contributed by atoms with van der Waals surface area (Å²) in [5.74, 6) is 0.793. The first kappa shape index (κ1) is 23.7. The normalized spacial score (nSPS) is 17.3. The summed E-state index contributed by atoms with van der Waals surface area (Å²) in [4.78, 5) is 30.6. The molecule has 3 rings (SSSR count). The van der Waals surface area contributed by atoms with E-state index in [9.17, 15) is 14.7 Å². The van der Waals surface area contributed by atoms with E-state index < -0.39 is 5.60 Å². The molecular weight excluding hydrogens is 404 g/mol. The third-order valence-electron chi connectivity index (χ3n) is 5.81. The van der Waals surface area contributed by atoms with Crippen LogP contribution in [0.1, 0.15) is 58.2 Å². The molecular formula is C26H32N2O4. The van der Waals surface area contributed by atoms with Gasteiger partial charge in [-0.05, 0) is 67.7 Å². The van der Waals surface area contributed by atoms with E-state index in [0.29, 0.717) is 30.4 Å². The molecule has 0 amide bonds. The summed E-state index contributed by atoms with van der Waals surface area (Å²) < 4.78 is 5.97. The van der Waals surface area contributed by atoms with Gasteiger partial charge < -0.3 is 14.7 Å². The SMILES string of the molecule is CCC/C(C=O)=C(/C=C1/c2nc3cccc(OC(C)C)c3cc2CN1C)[C@](O)(C=O)CC. The van der Waals surface area contributed by atoms with Crippen LogP contribution in [0.25, 0.3) is 16.6 Å². The second kappa shape index (κ2) is 9.65. The van der Waals surface area contributed by atoms with Crippen molar-refractivity contribution in [2.24, 2.45) is 0 Å². The van der Waals surface area contributed by atoms with Crippen LogP contribution >= 0.6 is 0 Å². The lowest BCUT2D eigenvalue weighted by molar-refractivity contribution is -0.120. The minimum atomic E-state index is -1.73. The monoisotopic (exact) mass is 436 g/mol. The molecule has 0 saturated carbocycles. The van der Waals surface area contributed by atoms with E-state index in [1.807, 2.05) is 50.9 Å². The average Bonchev–Trinajstić information content (AvgIpc) is 3.08. The van der Waals surface area contributed by atoms with E-state index >= 15 is 0 Å². The minimum absolute atomic E-state index is 0.0510. The quantitative estimate of drug-likeness (QED) is 0.462.